The van der Waals surface area contributed by atoms with Gasteiger partial charge in [-0.15, -0.1) is 0 Å². The van der Waals surface area contributed by atoms with Crippen LogP contribution in [0, 0.1) is 5.92 Å². The van der Waals surface area contributed by atoms with Crippen LogP contribution in [0.15, 0.2) is 24.3 Å². The maximum atomic E-state index is 6.05. The Hall–Kier alpha value is -0.570. The van der Waals surface area contributed by atoms with Crippen LogP contribution < -0.4 is 5.73 Å². The Morgan fingerprint density at radius 1 is 1.47 bits per heavy atom. The standard InChI is InChI=1S/C14H21ClN2/c1-2-17(10-11-6-7-11)14(9-16)12-4-3-5-13(15)8-12/h3-5,8,11,14H,2,6-7,9-10,16H2,1H3. The van der Waals surface area contributed by atoms with E-state index in [-0.39, 0.29) is 0 Å². The maximum absolute atomic E-state index is 6.05. The number of hydrogen-bond acceptors (Lipinski definition) is 2. The number of nitrogens with zero attached hydrogens (tertiary/aromatic N) is 1. The number of likely N-dealkylation sites (N-methyl/N-ethyl adjacent to an activating group) is 1. The largest absolute Gasteiger partial charge is 0.329 e. The highest BCUT2D eigenvalue weighted by molar-refractivity contribution is 6.30. The van der Waals surface area contributed by atoms with Gasteiger partial charge in [0.15, 0.2) is 0 Å². The van der Waals surface area contributed by atoms with Gasteiger partial charge in [0.1, 0.15) is 0 Å². The Bertz CT molecular complexity index is 363. The first-order valence-corrected chi connectivity index (χ1v) is 6.82. The first-order chi connectivity index (χ1) is 8.24. The van der Waals surface area contributed by atoms with Gasteiger partial charge in [-0.2, -0.15) is 0 Å². The molecule has 0 spiro atoms. The van der Waals surface area contributed by atoms with Gasteiger partial charge in [-0.1, -0.05) is 30.7 Å². The summed E-state index contributed by atoms with van der Waals surface area (Å²) in [6.07, 6.45) is 2.76. The van der Waals surface area contributed by atoms with Crippen molar-refractivity contribution >= 4 is 11.6 Å². The van der Waals surface area contributed by atoms with E-state index >= 15 is 0 Å². The summed E-state index contributed by atoms with van der Waals surface area (Å²) in [5.41, 5.74) is 7.18. The van der Waals surface area contributed by atoms with Gasteiger partial charge in [-0.3, -0.25) is 4.90 Å². The second-order valence-corrected chi connectivity index (χ2v) is 5.27. The maximum Gasteiger partial charge on any atom is 0.0470 e. The molecule has 0 aliphatic heterocycles. The van der Waals surface area contributed by atoms with Crippen molar-refractivity contribution < 1.29 is 0 Å². The summed E-state index contributed by atoms with van der Waals surface area (Å²) in [7, 11) is 0. The normalized spacial score (nSPS) is 17.4. The van der Waals surface area contributed by atoms with Gasteiger partial charge < -0.3 is 5.73 Å². The summed E-state index contributed by atoms with van der Waals surface area (Å²) in [5, 5.41) is 0.795. The second-order valence-electron chi connectivity index (χ2n) is 4.84. The Morgan fingerprint density at radius 2 is 2.24 bits per heavy atom. The number of rotatable bonds is 6. The molecule has 0 amide bonds. The minimum Gasteiger partial charge on any atom is -0.329 e. The SMILES string of the molecule is CCN(CC1CC1)C(CN)c1cccc(Cl)c1. The van der Waals surface area contributed by atoms with Gasteiger partial charge in [-0.05, 0) is 43.0 Å². The van der Waals surface area contributed by atoms with E-state index in [0.29, 0.717) is 12.6 Å². The summed E-state index contributed by atoms with van der Waals surface area (Å²) in [4.78, 5) is 2.48. The summed E-state index contributed by atoms with van der Waals surface area (Å²) >= 11 is 6.05. The molecule has 0 heterocycles. The third kappa shape index (κ3) is 3.44. The molecule has 1 saturated carbocycles. The Morgan fingerprint density at radius 3 is 2.76 bits per heavy atom. The molecule has 0 radical (unpaired) electrons. The van der Waals surface area contributed by atoms with Crippen LogP contribution in [-0.4, -0.2) is 24.5 Å². The predicted octanol–water partition coefficient (Wildman–Crippen LogP) is 3.07. The molecule has 1 aliphatic carbocycles. The zero-order valence-corrected chi connectivity index (χ0v) is 11.2. The molecule has 1 aromatic carbocycles. The quantitative estimate of drug-likeness (QED) is 0.843. The molecular formula is C14H21ClN2. The van der Waals surface area contributed by atoms with Crippen LogP contribution in [0.2, 0.25) is 5.02 Å². The van der Waals surface area contributed by atoms with Gasteiger partial charge in [0, 0.05) is 24.2 Å². The molecule has 1 unspecified atom stereocenters. The second kappa shape index (κ2) is 5.85. The molecule has 1 aliphatic rings. The fourth-order valence-electron chi connectivity index (χ4n) is 2.32. The van der Waals surface area contributed by atoms with E-state index in [1.807, 2.05) is 18.2 Å². The molecular weight excluding hydrogens is 232 g/mol. The van der Waals surface area contributed by atoms with Crippen molar-refractivity contribution in [3.63, 3.8) is 0 Å². The Kier molecular flexibility index (Phi) is 4.43. The minimum atomic E-state index is 0.305. The van der Waals surface area contributed by atoms with Crippen LogP contribution in [0.1, 0.15) is 31.4 Å². The van der Waals surface area contributed by atoms with E-state index in [0.717, 1.165) is 17.5 Å². The lowest BCUT2D eigenvalue weighted by molar-refractivity contribution is 0.203. The van der Waals surface area contributed by atoms with Gasteiger partial charge in [0.25, 0.3) is 0 Å². The fourth-order valence-corrected chi connectivity index (χ4v) is 2.52. The third-order valence-electron chi connectivity index (χ3n) is 3.49. The molecule has 0 bridgehead atoms. The number of nitrogens with two attached hydrogens (primary N) is 1. The van der Waals surface area contributed by atoms with Crippen molar-refractivity contribution in [3.05, 3.63) is 34.9 Å². The molecule has 1 aromatic rings. The van der Waals surface area contributed by atoms with Gasteiger partial charge >= 0.3 is 0 Å². The van der Waals surface area contributed by atoms with Crippen molar-refractivity contribution in [1.29, 1.82) is 0 Å². The summed E-state index contributed by atoms with van der Waals surface area (Å²) < 4.78 is 0. The average Bonchev–Trinajstić information content (AvgIpc) is 3.13. The van der Waals surface area contributed by atoms with Crippen molar-refractivity contribution in [1.82, 2.24) is 4.90 Å². The molecule has 1 fully saturated rings. The zero-order valence-electron chi connectivity index (χ0n) is 10.4. The van der Waals surface area contributed by atoms with Crippen LogP contribution in [0.5, 0.6) is 0 Å². The smallest absolute Gasteiger partial charge is 0.0470 e. The van der Waals surface area contributed by atoms with Gasteiger partial charge in [0.2, 0.25) is 0 Å². The zero-order chi connectivity index (χ0) is 12.3. The summed E-state index contributed by atoms with van der Waals surface area (Å²) in [6, 6.07) is 8.38. The van der Waals surface area contributed by atoms with Crippen molar-refractivity contribution in [2.24, 2.45) is 11.7 Å². The summed E-state index contributed by atoms with van der Waals surface area (Å²) in [5.74, 6) is 0.892. The molecule has 0 saturated heterocycles. The lowest BCUT2D eigenvalue weighted by Crippen LogP contribution is -2.35. The highest BCUT2D eigenvalue weighted by Gasteiger charge is 2.27. The molecule has 17 heavy (non-hydrogen) atoms. The van der Waals surface area contributed by atoms with Crippen LogP contribution in [0.25, 0.3) is 0 Å². The topological polar surface area (TPSA) is 29.3 Å². The van der Waals surface area contributed by atoms with Crippen LogP contribution in [-0.2, 0) is 0 Å². The van der Waals surface area contributed by atoms with E-state index in [4.69, 9.17) is 17.3 Å². The molecule has 2 nitrogen and oxygen atoms in total. The van der Waals surface area contributed by atoms with E-state index in [1.165, 1.54) is 24.9 Å². The lowest BCUT2D eigenvalue weighted by Gasteiger charge is -2.30. The molecule has 1 atom stereocenters. The number of halogens is 1. The third-order valence-corrected chi connectivity index (χ3v) is 3.73. The van der Waals surface area contributed by atoms with E-state index in [9.17, 15) is 0 Å². The Balaban J connectivity index is 2.12. The predicted molar refractivity (Wildman–Crippen MR) is 73.2 cm³/mol. The monoisotopic (exact) mass is 252 g/mol. The number of hydrogen-bond donors (Lipinski definition) is 1. The highest BCUT2D eigenvalue weighted by Crippen LogP contribution is 2.32. The highest BCUT2D eigenvalue weighted by atomic mass is 35.5. The molecule has 3 heteroatoms. The fraction of sp³-hybridized carbons (Fsp3) is 0.571. The molecule has 2 rings (SSSR count). The summed E-state index contributed by atoms with van der Waals surface area (Å²) in [6.45, 7) is 5.08. The molecule has 0 aromatic heterocycles. The first-order valence-electron chi connectivity index (χ1n) is 6.44. The molecule has 94 valence electrons. The van der Waals surface area contributed by atoms with Crippen LogP contribution in [0.3, 0.4) is 0 Å². The Labute approximate surface area is 109 Å². The average molecular weight is 253 g/mol. The lowest BCUT2D eigenvalue weighted by atomic mass is 10.0. The minimum absolute atomic E-state index is 0.305. The molecule has 2 N–H and O–H groups in total. The van der Waals surface area contributed by atoms with E-state index < -0.39 is 0 Å². The first kappa shape index (κ1) is 12.9. The van der Waals surface area contributed by atoms with Crippen molar-refractivity contribution in [2.75, 3.05) is 19.6 Å². The van der Waals surface area contributed by atoms with E-state index in [2.05, 4.69) is 17.9 Å². The van der Waals surface area contributed by atoms with Crippen LogP contribution >= 0.6 is 11.6 Å². The van der Waals surface area contributed by atoms with Crippen molar-refractivity contribution in [2.45, 2.75) is 25.8 Å². The number of benzene rings is 1. The van der Waals surface area contributed by atoms with Gasteiger partial charge in [0.05, 0.1) is 0 Å². The van der Waals surface area contributed by atoms with Crippen molar-refractivity contribution in [3.8, 4) is 0 Å². The van der Waals surface area contributed by atoms with E-state index in [1.54, 1.807) is 0 Å². The van der Waals surface area contributed by atoms with Crippen LogP contribution in [0.4, 0.5) is 0 Å². The van der Waals surface area contributed by atoms with Gasteiger partial charge in [-0.25, -0.2) is 0 Å².